The van der Waals surface area contributed by atoms with Gasteiger partial charge in [0.2, 0.25) is 5.89 Å². The molecule has 1 amide bonds. The Hall–Kier alpha value is -3.47. The van der Waals surface area contributed by atoms with Gasteiger partial charge < -0.3 is 9.73 Å². The summed E-state index contributed by atoms with van der Waals surface area (Å²) in [6.07, 6.45) is 2.77. The average molecular weight is 329 g/mol. The van der Waals surface area contributed by atoms with Gasteiger partial charge in [-0.25, -0.2) is 4.98 Å². The summed E-state index contributed by atoms with van der Waals surface area (Å²) >= 11 is 0. The molecule has 4 rings (SSSR count). The van der Waals surface area contributed by atoms with E-state index in [0.717, 1.165) is 27.4 Å². The molecule has 0 fully saturated rings. The first kappa shape index (κ1) is 15.1. The SMILES string of the molecule is C=Cc1nc(C(=O)NCc2nc3ccccc3c3ccccc23)co1. The van der Waals surface area contributed by atoms with E-state index in [9.17, 15) is 4.79 Å². The minimum Gasteiger partial charge on any atom is -0.444 e. The molecule has 5 nitrogen and oxygen atoms in total. The summed E-state index contributed by atoms with van der Waals surface area (Å²) in [5, 5.41) is 6.09. The molecule has 2 aromatic carbocycles. The van der Waals surface area contributed by atoms with Crippen molar-refractivity contribution in [3.63, 3.8) is 0 Å². The van der Waals surface area contributed by atoms with Crippen LogP contribution in [0.25, 0.3) is 27.8 Å². The smallest absolute Gasteiger partial charge is 0.273 e. The molecular weight excluding hydrogens is 314 g/mol. The second-order valence-electron chi connectivity index (χ2n) is 5.58. The summed E-state index contributed by atoms with van der Waals surface area (Å²) in [5.74, 6) is 0.00956. The second kappa shape index (κ2) is 6.20. The van der Waals surface area contributed by atoms with Gasteiger partial charge in [-0.2, -0.15) is 0 Å². The molecule has 0 saturated carbocycles. The molecule has 4 aromatic rings. The molecule has 0 radical (unpaired) electrons. The van der Waals surface area contributed by atoms with Crippen LogP contribution in [0.5, 0.6) is 0 Å². The van der Waals surface area contributed by atoms with E-state index >= 15 is 0 Å². The Bertz CT molecular complexity index is 1100. The first-order chi connectivity index (χ1) is 12.3. The lowest BCUT2D eigenvalue weighted by Gasteiger charge is -2.10. The van der Waals surface area contributed by atoms with E-state index in [-0.39, 0.29) is 11.6 Å². The van der Waals surface area contributed by atoms with Crippen LogP contribution in [-0.4, -0.2) is 15.9 Å². The topological polar surface area (TPSA) is 68.0 Å². The van der Waals surface area contributed by atoms with E-state index in [4.69, 9.17) is 9.40 Å². The highest BCUT2D eigenvalue weighted by Crippen LogP contribution is 2.26. The van der Waals surface area contributed by atoms with Gasteiger partial charge in [0.25, 0.3) is 5.91 Å². The van der Waals surface area contributed by atoms with Crippen molar-refractivity contribution in [2.45, 2.75) is 6.54 Å². The summed E-state index contributed by atoms with van der Waals surface area (Å²) in [6, 6.07) is 16.0. The van der Waals surface area contributed by atoms with Crippen LogP contribution >= 0.6 is 0 Å². The quantitative estimate of drug-likeness (QED) is 0.576. The molecule has 2 heterocycles. The van der Waals surface area contributed by atoms with Crippen molar-refractivity contribution in [3.05, 3.63) is 78.7 Å². The summed E-state index contributed by atoms with van der Waals surface area (Å²) in [5.41, 5.74) is 1.94. The fraction of sp³-hybridized carbons (Fsp3) is 0.0500. The number of hydrogen-bond acceptors (Lipinski definition) is 4. The van der Waals surface area contributed by atoms with Crippen molar-refractivity contribution in [3.8, 4) is 0 Å². The van der Waals surface area contributed by atoms with Gasteiger partial charge in [-0.15, -0.1) is 0 Å². The monoisotopic (exact) mass is 329 g/mol. The predicted molar refractivity (Wildman–Crippen MR) is 97.0 cm³/mol. The Morgan fingerprint density at radius 2 is 1.76 bits per heavy atom. The molecule has 0 unspecified atom stereocenters. The van der Waals surface area contributed by atoms with E-state index in [1.54, 1.807) is 0 Å². The number of amides is 1. The van der Waals surface area contributed by atoms with Crippen molar-refractivity contribution in [2.75, 3.05) is 0 Å². The summed E-state index contributed by atoms with van der Waals surface area (Å²) in [7, 11) is 0. The van der Waals surface area contributed by atoms with Crippen molar-refractivity contribution in [2.24, 2.45) is 0 Å². The van der Waals surface area contributed by atoms with Gasteiger partial charge in [-0.3, -0.25) is 9.78 Å². The van der Waals surface area contributed by atoms with Crippen LogP contribution in [0.15, 0.2) is 65.8 Å². The van der Waals surface area contributed by atoms with Crippen molar-refractivity contribution in [1.82, 2.24) is 15.3 Å². The van der Waals surface area contributed by atoms with Crippen LogP contribution < -0.4 is 5.32 Å². The number of rotatable bonds is 4. The number of nitrogens with zero attached hydrogens (tertiary/aromatic N) is 2. The number of pyridine rings is 1. The first-order valence-corrected chi connectivity index (χ1v) is 7.89. The number of carbonyl (C=O) groups is 1. The third-order valence-electron chi connectivity index (χ3n) is 4.03. The summed E-state index contributed by atoms with van der Waals surface area (Å²) in [4.78, 5) is 21.0. The maximum Gasteiger partial charge on any atom is 0.273 e. The number of fused-ring (bicyclic) bond motifs is 3. The minimum absolute atomic E-state index is 0.222. The van der Waals surface area contributed by atoms with Crippen LogP contribution in [0.2, 0.25) is 0 Å². The van der Waals surface area contributed by atoms with Gasteiger partial charge in [-0.05, 0) is 17.5 Å². The Kier molecular flexibility index (Phi) is 3.74. The largest absolute Gasteiger partial charge is 0.444 e. The predicted octanol–water partition coefficient (Wildman–Crippen LogP) is 3.95. The molecule has 2 aromatic heterocycles. The Morgan fingerprint density at radius 3 is 2.52 bits per heavy atom. The first-order valence-electron chi connectivity index (χ1n) is 7.89. The zero-order chi connectivity index (χ0) is 17.2. The fourth-order valence-corrected chi connectivity index (χ4v) is 2.85. The molecule has 0 saturated heterocycles. The molecule has 0 atom stereocenters. The number of benzene rings is 2. The van der Waals surface area contributed by atoms with Crippen LogP contribution in [0.1, 0.15) is 22.1 Å². The lowest BCUT2D eigenvalue weighted by atomic mass is 10.0. The van der Waals surface area contributed by atoms with Gasteiger partial charge in [0.05, 0.1) is 17.8 Å². The van der Waals surface area contributed by atoms with Crippen molar-refractivity contribution < 1.29 is 9.21 Å². The van der Waals surface area contributed by atoms with E-state index in [2.05, 4.69) is 29.0 Å². The maximum atomic E-state index is 12.3. The number of nitrogens with one attached hydrogen (secondary N) is 1. The number of hydrogen-bond donors (Lipinski definition) is 1. The molecule has 122 valence electrons. The summed E-state index contributed by atoms with van der Waals surface area (Å²) < 4.78 is 5.11. The third-order valence-corrected chi connectivity index (χ3v) is 4.03. The molecular formula is C20H15N3O2. The normalized spacial score (nSPS) is 10.9. The minimum atomic E-state index is -0.309. The number of oxazole rings is 1. The van der Waals surface area contributed by atoms with Crippen LogP contribution in [0.4, 0.5) is 0 Å². The van der Waals surface area contributed by atoms with E-state index in [1.165, 1.54) is 12.3 Å². The van der Waals surface area contributed by atoms with Crippen LogP contribution in [0.3, 0.4) is 0 Å². The molecule has 5 heteroatoms. The Labute approximate surface area is 144 Å². The highest BCUT2D eigenvalue weighted by molar-refractivity contribution is 6.06. The standard InChI is InChI=1S/C20H15N3O2/c1-2-19-23-18(12-25-19)20(24)21-11-17-15-9-4-3-7-13(15)14-8-5-6-10-16(14)22-17/h2-10,12H,1,11H2,(H,21,24). The second-order valence-corrected chi connectivity index (χ2v) is 5.58. The maximum absolute atomic E-state index is 12.3. The highest BCUT2D eigenvalue weighted by atomic mass is 16.3. The average Bonchev–Trinajstić information content (AvgIpc) is 3.15. The van der Waals surface area contributed by atoms with Crippen LogP contribution in [-0.2, 0) is 6.54 Å². The lowest BCUT2D eigenvalue weighted by Crippen LogP contribution is -2.23. The molecule has 0 aliphatic heterocycles. The van der Waals surface area contributed by atoms with Crippen molar-refractivity contribution >= 4 is 33.7 Å². The highest BCUT2D eigenvalue weighted by Gasteiger charge is 2.13. The Balaban J connectivity index is 1.68. The van der Waals surface area contributed by atoms with Gasteiger partial charge in [-0.1, -0.05) is 49.0 Å². The van der Waals surface area contributed by atoms with E-state index in [1.807, 2.05) is 36.4 Å². The molecule has 1 N–H and O–H groups in total. The van der Waals surface area contributed by atoms with Gasteiger partial charge >= 0.3 is 0 Å². The molecule has 0 bridgehead atoms. The zero-order valence-corrected chi connectivity index (χ0v) is 13.4. The van der Waals surface area contributed by atoms with Gasteiger partial charge in [0.1, 0.15) is 6.26 Å². The number of aromatic nitrogens is 2. The third kappa shape index (κ3) is 2.76. The Morgan fingerprint density at radius 1 is 1.04 bits per heavy atom. The number of para-hydroxylation sites is 1. The molecule has 25 heavy (non-hydrogen) atoms. The van der Waals surface area contributed by atoms with Gasteiger partial charge in [0, 0.05) is 10.8 Å². The number of carbonyl (C=O) groups excluding carboxylic acids is 1. The molecule has 0 aliphatic carbocycles. The van der Waals surface area contributed by atoms with E-state index in [0.29, 0.717) is 12.4 Å². The van der Waals surface area contributed by atoms with Crippen molar-refractivity contribution in [1.29, 1.82) is 0 Å². The van der Waals surface area contributed by atoms with Crippen LogP contribution in [0, 0.1) is 0 Å². The molecule has 0 aliphatic rings. The zero-order valence-electron chi connectivity index (χ0n) is 13.4. The van der Waals surface area contributed by atoms with E-state index < -0.39 is 0 Å². The van der Waals surface area contributed by atoms with Gasteiger partial charge in [0.15, 0.2) is 5.69 Å². The fourth-order valence-electron chi connectivity index (χ4n) is 2.85. The molecule has 0 spiro atoms. The summed E-state index contributed by atoms with van der Waals surface area (Å²) in [6.45, 7) is 3.87. The lowest BCUT2D eigenvalue weighted by molar-refractivity contribution is 0.0945.